The first kappa shape index (κ1) is 24.8. The maximum atomic E-state index is 15.0. The number of H-pyrrole nitrogens is 1. The Hall–Kier alpha value is -3.87. The SMILES string of the molecule is C#Cc1ccc2nc(N3CCC(C)(NC(=O)OC(C)(C)C)CC3)nc(Nc3n[nH]c(C4CC4)c3F)c2c1. The number of nitrogens with zero attached hydrogens (tertiary/aromatic N) is 4. The summed E-state index contributed by atoms with van der Waals surface area (Å²) in [5.74, 6) is 3.50. The van der Waals surface area contributed by atoms with E-state index in [0.29, 0.717) is 59.9 Å². The lowest BCUT2D eigenvalue weighted by Gasteiger charge is -2.40. The molecule has 2 aromatic heterocycles. The number of terminal acetylenes is 1. The number of hydrogen-bond donors (Lipinski definition) is 3. The van der Waals surface area contributed by atoms with Crippen molar-refractivity contribution in [3.05, 3.63) is 35.3 Å². The number of aromatic nitrogens is 4. The van der Waals surface area contributed by atoms with Gasteiger partial charge in [0.1, 0.15) is 11.4 Å². The van der Waals surface area contributed by atoms with Gasteiger partial charge in [0.05, 0.1) is 11.2 Å². The molecule has 3 N–H and O–H groups in total. The number of anilines is 3. The molecule has 0 unspecified atom stereocenters. The van der Waals surface area contributed by atoms with Crippen molar-refractivity contribution in [2.24, 2.45) is 0 Å². The highest BCUT2D eigenvalue weighted by Gasteiger charge is 2.34. The average Bonchev–Trinajstić information content (AvgIpc) is 3.61. The monoisotopic (exact) mass is 505 g/mol. The predicted molar refractivity (Wildman–Crippen MR) is 140 cm³/mol. The number of halogens is 1. The van der Waals surface area contributed by atoms with Gasteiger partial charge in [0.2, 0.25) is 5.95 Å². The second-order valence-electron chi connectivity index (χ2n) is 11.1. The van der Waals surface area contributed by atoms with Crippen molar-refractivity contribution in [1.82, 2.24) is 25.5 Å². The number of fused-ring (bicyclic) bond motifs is 1. The second-order valence-corrected chi connectivity index (χ2v) is 11.1. The van der Waals surface area contributed by atoms with Crippen LogP contribution in [0.15, 0.2) is 18.2 Å². The van der Waals surface area contributed by atoms with Crippen LogP contribution in [0, 0.1) is 18.2 Å². The van der Waals surface area contributed by atoms with E-state index in [1.54, 1.807) is 0 Å². The van der Waals surface area contributed by atoms with Gasteiger partial charge >= 0.3 is 6.09 Å². The number of nitrogens with one attached hydrogen (secondary N) is 3. The summed E-state index contributed by atoms with van der Waals surface area (Å²) in [4.78, 5) is 23.9. The van der Waals surface area contributed by atoms with Crippen LogP contribution < -0.4 is 15.5 Å². The summed E-state index contributed by atoms with van der Waals surface area (Å²) >= 11 is 0. The molecule has 37 heavy (non-hydrogen) atoms. The highest BCUT2D eigenvalue weighted by atomic mass is 19.1. The van der Waals surface area contributed by atoms with Crippen LogP contribution in [-0.2, 0) is 4.74 Å². The fourth-order valence-corrected chi connectivity index (χ4v) is 4.50. The van der Waals surface area contributed by atoms with Gasteiger partial charge in [-0.3, -0.25) is 5.10 Å². The molecule has 1 aliphatic heterocycles. The van der Waals surface area contributed by atoms with E-state index in [1.165, 1.54) is 0 Å². The van der Waals surface area contributed by atoms with Crippen molar-refractivity contribution in [3.8, 4) is 12.3 Å². The summed E-state index contributed by atoms with van der Waals surface area (Å²) < 4.78 is 20.5. The van der Waals surface area contributed by atoms with Crippen LogP contribution in [0.2, 0.25) is 0 Å². The minimum atomic E-state index is -0.560. The number of hydrogen-bond acceptors (Lipinski definition) is 7. The zero-order valence-corrected chi connectivity index (χ0v) is 21.6. The van der Waals surface area contributed by atoms with Gasteiger partial charge in [-0.25, -0.2) is 14.2 Å². The molecule has 3 aromatic rings. The lowest BCUT2D eigenvalue weighted by molar-refractivity contribution is 0.0448. The fourth-order valence-electron chi connectivity index (χ4n) is 4.50. The third-order valence-corrected chi connectivity index (χ3v) is 6.76. The number of aromatic amines is 1. The van der Waals surface area contributed by atoms with Crippen molar-refractivity contribution in [2.75, 3.05) is 23.3 Å². The third-order valence-electron chi connectivity index (χ3n) is 6.76. The van der Waals surface area contributed by atoms with Gasteiger partial charge in [0.15, 0.2) is 11.6 Å². The first-order chi connectivity index (χ1) is 17.5. The number of carbonyl (C=O) groups excluding carboxylic acids is 1. The van der Waals surface area contributed by atoms with E-state index >= 15 is 4.39 Å². The zero-order valence-electron chi connectivity index (χ0n) is 21.6. The van der Waals surface area contributed by atoms with Crippen LogP contribution in [0.5, 0.6) is 0 Å². The number of alkyl carbamates (subject to hydrolysis) is 1. The van der Waals surface area contributed by atoms with E-state index < -0.39 is 17.2 Å². The maximum absolute atomic E-state index is 15.0. The molecule has 1 aliphatic carbocycles. The lowest BCUT2D eigenvalue weighted by atomic mass is 9.90. The van der Waals surface area contributed by atoms with Crippen molar-refractivity contribution in [2.45, 2.75) is 70.4 Å². The molecule has 0 atom stereocenters. The largest absolute Gasteiger partial charge is 0.444 e. The first-order valence-electron chi connectivity index (χ1n) is 12.6. The van der Waals surface area contributed by atoms with Gasteiger partial charge in [-0.05, 0) is 71.6 Å². The molecule has 1 aromatic carbocycles. The van der Waals surface area contributed by atoms with Crippen LogP contribution >= 0.6 is 0 Å². The lowest BCUT2D eigenvalue weighted by Crippen LogP contribution is -2.54. The summed E-state index contributed by atoms with van der Waals surface area (Å²) in [6.45, 7) is 8.79. The molecule has 194 valence electrons. The van der Waals surface area contributed by atoms with E-state index in [1.807, 2.05) is 45.9 Å². The van der Waals surface area contributed by atoms with Crippen molar-refractivity contribution < 1.29 is 13.9 Å². The minimum absolute atomic E-state index is 0.103. The topological polar surface area (TPSA) is 108 Å². The van der Waals surface area contributed by atoms with E-state index in [0.717, 1.165) is 12.8 Å². The molecule has 9 nitrogen and oxygen atoms in total. The molecular weight excluding hydrogens is 473 g/mol. The van der Waals surface area contributed by atoms with Gasteiger partial charge in [-0.1, -0.05) is 5.92 Å². The van der Waals surface area contributed by atoms with Crippen LogP contribution in [0.1, 0.15) is 70.6 Å². The maximum Gasteiger partial charge on any atom is 0.408 e. The van der Waals surface area contributed by atoms with Gasteiger partial charge in [-0.15, -0.1) is 6.42 Å². The molecule has 1 saturated carbocycles. The first-order valence-corrected chi connectivity index (χ1v) is 12.6. The van der Waals surface area contributed by atoms with Crippen LogP contribution in [0.4, 0.5) is 26.8 Å². The smallest absolute Gasteiger partial charge is 0.408 e. The number of benzene rings is 1. The van der Waals surface area contributed by atoms with Gasteiger partial charge in [-0.2, -0.15) is 10.1 Å². The van der Waals surface area contributed by atoms with Gasteiger partial charge < -0.3 is 20.3 Å². The quantitative estimate of drug-likeness (QED) is 0.420. The summed E-state index contributed by atoms with van der Waals surface area (Å²) in [6, 6.07) is 5.47. The highest BCUT2D eigenvalue weighted by Crippen LogP contribution is 2.41. The molecule has 2 aliphatic rings. The molecule has 0 bridgehead atoms. The molecule has 1 amide bonds. The van der Waals surface area contributed by atoms with Crippen molar-refractivity contribution >= 4 is 34.6 Å². The predicted octanol–water partition coefficient (Wildman–Crippen LogP) is 4.98. The minimum Gasteiger partial charge on any atom is -0.444 e. The third kappa shape index (κ3) is 5.45. The number of piperidine rings is 1. The summed E-state index contributed by atoms with van der Waals surface area (Å²) in [6.07, 6.45) is 8.48. The molecule has 0 spiro atoms. The van der Waals surface area contributed by atoms with E-state index in [2.05, 4.69) is 31.7 Å². The standard InChI is InChI=1S/C27H32FN7O2/c1-6-16-7-10-19-18(15-16)22(30-23-20(28)21(33-34-23)17-8-9-17)31-24(29-19)35-13-11-27(5,12-14-35)32-25(36)37-26(2,3)4/h1,7,10,15,17H,8-9,11-14H2,2-5H3,(H,32,36)(H2,29,30,31,33,34). The Morgan fingerprint density at radius 3 is 2.62 bits per heavy atom. The molecule has 3 heterocycles. The summed E-state index contributed by atoms with van der Waals surface area (Å²) in [5.41, 5.74) is 0.921. The molecule has 0 radical (unpaired) electrons. The van der Waals surface area contributed by atoms with E-state index in [4.69, 9.17) is 21.1 Å². The Kier molecular flexibility index (Phi) is 6.18. The normalized spacial score (nSPS) is 17.4. The van der Waals surface area contributed by atoms with Crippen molar-refractivity contribution in [1.29, 1.82) is 0 Å². The van der Waals surface area contributed by atoms with Gasteiger partial charge in [0.25, 0.3) is 0 Å². The van der Waals surface area contributed by atoms with Crippen molar-refractivity contribution in [3.63, 3.8) is 0 Å². The number of amides is 1. The number of rotatable bonds is 5. The van der Waals surface area contributed by atoms with Gasteiger partial charge in [0, 0.05) is 35.5 Å². The molecular formula is C27H32FN7O2. The average molecular weight is 506 g/mol. The van der Waals surface area contributed by atoms with E-state index in [-0.39, 0.29) is 17.6 Å². The Balaban J connectivity index is 1.39. The fraction of sp³-hybridized carbons (Fsp3) is 0.481. The molecule has 2 fully saturated rings. The summed E-state index contributed by atoms with van der Waals surface area (Å²) in [5, 5.41) is 13.8. The van der Waals surface area contributed by atoms with E-state index in [9.17, 15) is 4.79 Å². The zero-order chi connectivity index (χ0) is 26.4. The Morgan fingerprint density at radius 1 is 1.24 bits per heavy atom. The Labute approximate surface area is 215 Å². The molecule has 10 heteroatoms. The summed E-state index contributed by atoms with van der Waals surface area (Å²) in [7, 11) is 0. The number of ether oxygens (including phenoxy) is 1. The second kappa shape index (κ2) is 9.21. The van der Waals surface area contributed by atoms with Crippen LogP contribution in [0.3, 0.4) is 0 Å². The Morgan fingerprint density at radius 2 is 1.97 bits per heavy atom. The van der Waals surface area contributed by atoms with Crippen LogP contribution in [0.25, 0.3) is 10.9 Å². The molecule has 1 saturated heterocycles. The van der Waals surface area contributed by atoms with Crippen LogP contribution in [-0.4, -0.2) is 50.5 Å². The Bertz CT molecular complexity index is 1380. The number of carbonyl (C=O) groups is 1. The molecule has 5 rings (SSSR count). The highest BCUT2D eigenvalue weighted by molar-refractivity contribution is 5.92.